The molecule has 2 N–H and O–H groups in total. The van der Waals surface area contributed by atoms with E-state index in [1.165, 1.54) is 0 Å². The van der Waals surface area contributed by atoms with Gasteiger partial charge in [0, 0.05) is 13.1 Å². The number of hydrogen-bond acceptors (Lipinski definition) is 4. The molecule has 0 unspecified atom stereocenters. The highest BCUT2D eigenvalue weighted by atomic mass is 16.5. The van der Waals surface area contributed by atoms with Crippen LogP contribution in [0.2, 0.25) is 0 Å². The molecule has 2 amide bonds. The predicted molar refractivity (Wildman–Crippen MR) is 72.9 cm³/mol. The van der Waals surface area contributed by atoms with E-state index in [1.807, 2.05) is 18.2 Å². The summed E-state index contributed by atoms with van der Waals surface area (Å²) in [7, 11) is 1.57. The molecule has 0 bridgehead atoms. The van der Waals surface area contributed by atoms with Gasteiger partial charge in [-0.2, -0.15) is 5.26 Å². The highest BCUT2D eigenvalue weighted by Gasteiger charge is 2.04. The quantitative estimate of drug-likeness (QED) is 0.704. The Morgan fingerprint density at radius 3 is 2.60 bits per heavy atom. The zero-order valence-corrected chi connectivity index (χ0v) is 11.3. The highest BCUT2D eigenvalue weighted by molar-refractivity contribution is 5.79. The molecule has 0 fully saturated rings. The molecule has 0 saturated heterocycles. The zero-order chi connectivity index (χ0) is 14.8. The third-order valence-corrected chi connectivity index (χ3v) is 2.51. The van der Waals surface area contributed by atoms with Gasteiger partial charge < -0.3 is 15.4 Å². The molecule has 0 aromatic heterocycles. The fourth-order valence-electron chi connectivity index (χ4n) is 1.57. The maximum atomic E-state index is 11.7. The molecule has 0 aliphatic carbocycles. The number of nitrogens with zero attached hydrogens (tertiary/aromatic N) is 1. The maximum absolute atomic E-state index is 11.7. The summed E-state index contributed by atoms with van der Waals surface area (Å²) in [5, 5.41) is 13.5. The van der Waals surface area contributed by atoms with Gasteiger partial charge in [-0.15, -0.1) is 0 Å². The van der Waals surface area contributed by atoms with E-state index in [1.54, 1.807) is 19.2 Å². The lowest BCUT2D eigenvalue weighted by Crippen LogP contribution is -2.35. The molecule has 0 saturated carbocycles. The second-order valence-corrected chi connectivity index (χ2v) is 4.06. The SMILES string of the molecule is COc1cccc(CC(=O)NCCNC(=O)CC#N)c1. The first-order valence-electron chi connectivity index (χ1n) is 6.19. The van der Waals surface area contributed by atoms with E-state index in [2.05, 4.69) is 10.6 Å². The van der Waals surface area contributed by atoms with Crippen molar-refractivity contribution in [1.29, 1.82) is 5.26 Å². The van der Waals surface area contributed by atoms with Crippen molar-refractivity contribution in [2.24, 2.45) is 0 Å². The summed E-state index contributed by atoms with van der Waals surface area (Å²) in [5.74, 6) is 0.237. The molecule has 1 aromatic carbocycles. The molecule has 0 aliphatic heterocycles. The molecule has 0 aliphatic rings. The van der Waals surface area contributed by atoms with Gasteiger partial charge in [-0.3, -0.25) is 9.59 Å². The number of amides is 2. The molecular formula is C14H17N3O3. The maximum Gasteiger partial charge on any atom is 0.234 e. The molecule has 1 rings (SSSR count). The second-order valence-electron chi connectivity index (χ2n) is 4.06. The van der Waals surface area contributed by atoms with Gasteiger partial charge in [0.2, 0.25) is 11.8 Å². The molecule has 6 heteroatoms. The molecule has 6 nitrogen and oxygen atoms in total. The van der Waals surface area contributed by atoms with Crippen LogP contribution in [0, 0.1) is 11.3 Å². The molecule has 0 heterocycles. The Bertz CT molecular complexity index is 509. The average Bonchev–Trinajstić information content (AvgIpc) is 2.44. The molecule has 0 radical (unpaired) electrons. The Morgan fingerprint density at radius 1 is 1.25 bits per heavy atom. The lowest BCUT2D eigenvalue weighted by atomic mass is 10.1. The summed E-state index contributed by atoms with van der Waals surface area (Å²) in [6, 6.07) is 9.03. The Balaban J connectivity index is 2.26. The van der Waals surface area contributed by atoms with Crippen LogP contribution in [0.4, 0.5) is 0 Å². The number of methoxy groups -OCH3 is 1. The summed E-state index contributed by atoms with van der Waals surface area (Å²) in [6.07, 6.45) is 0.0844. The van der Waals surface area contributed by atoms with Gasteiger partial charge in [-0.05, 0) is 17.7 Å². The average molecular weight is 275 g/mol. The normalized spacial score (nSPS) is 9.40. The standard InChI is InChI=1S/C14H17N3O3/c1-20-12-4-2-3-11(9-12)10-14(19)17-8-7-16-13(18)5-6-15/h2-4,9H,5,7-8,10H2,1H3,(H,16,18)(H,17,19). The van der Waals surface area contributed by atoms with Crippen molar-refractivity contribution in [2.75, 3.05) is 20.2 Å². The molecule has 1 aromatic rings. The lowest BCUT2D eigenvalue weighted by molar-refractivity contribution is -0.122. The third-order valence-electron chi connectivity index (χ3n) is 2.51. The number of rotatable bonds is 7. The number of nitriles is 1. The van der Waals surface area contributed by atoms with Gasteiger partial charge in [0.05, 0.1) is 19.6 Å². The van der Waals surface area contributed by atoms with Gasteiger partial charge in [0.15, 0.2) is 0 Å². The van der Waals surface area contributed by atoms with Crippen molar-refractivity contribution in [3.05, 3.63) is 29.8 Å². The van der Waals surface area contributed by atoms with Gasteiger partial charge in [-0.1, -0.05) is 12.1 Å². The van der Waals surface area contributed by atoms with E-state index in [0.717, 1.165) is 5.56 Å². The monoisotopic (exact) mass is 275 g/mol. The van der Waals surface area contributed by atoms with Crippen LogP contribution in [0.3, 0.4) is 0 Å². The van der Waals surface area contributed by atoms with E-state index in [0.29, 0.717) is 18.8 Å². The molecule has 0 atom stereocenters. The number of carbonyl (C=O) groups excluding carboxylic acids is 2. The highest BCUT2D eigenvalue weighted by Crippen LogP contribution is 2.12. The summed E-state index contributed by atoms with van der Waals surface area (Å²) >= 11 is 0. The Kier molecular flexibility index (Phi) is 6.62. The predicted octanol–water partition coefficient (Wildman–Crippen LogP) is 0.384. The Morgan fingerprint density at radius 2 is 1.95 bits per heavy atom. The first kappa shape index (κ1) is 15.5. The minimum atomic E-state index is -0.338. The van der Waals surface area contributed by atoms with E-state index in [9.17, 15) is 9.59 Å². The number of carbonyl (C=O) groups is 2. The molecule has 106 valence electrons. The lowest BCUT2D eigenvalue weighted by Gasteiger charge is -2.07. The van der Waals surface area contributed by atoms with Crippen LogP contribution < -0.4 is 15.4 Å². The third kappa shape index (κ3) is 5.87. The fraction of sp³-hybridized carbons (Fsp3) is 0.357. The topological polar surface area (TPSA) is 91.2 Å². The van der Waals surface area contributed by atoms with Crippen LogP contribution in [0.1, 0.15) is 12.0 Å². The van der Waals surface area contributed by atoms with Gasteiger partial charge in [-0.25, -0.2) is 0 Å². The van der Waals surface area contributed by atoms with Crippen molar-refractivity contribution in [1.82, 2.24) is 10.6 Å². The number of ether oxygens (including phenoxy) is 1. The zero-order valence-electron chi connectivity index (χ0n) is 11.3. The van der Waals surface area contributed by atoms with Crippen molar-refractivity contribution in [3.8, 4) is 11.8 Å². The van der Waals surface area contributed by atoms with Crippen LogP contribution >= 0.6 is 0 Å². The Labute approximate surface area is 117 Å². The number of benzene rings is 1. The Hall–Kier alpha value is -2.55. The van der Waals surface area contributed by atoms with Crippen molar-refractivity contribution >= 4 is 11.8 Å². The van der Waals surface area contributed by atoms with E-state index in [4.69, 9.17) is 10.00 Å². The first-order valence-corrected chi connectivity index (χ1v) is 6.19. The number of nitrogens with one attached hydrogen (secondary N) is 2. The summed E-state index contributed by atoms with van der Waals surface area (Å²) in [6.45, 7) is 0.643. The molecule has 20 heavy (non-hydrogen) atoms. The van der Waals surface area contributed by atoms with Crippen molar-refractivity contribution < 1.29 is 14.3 Å². The summed E-state index contributed by atoms with van der Waals surface area (Å²) in [4.78, 5) is 22.7. The van der Waals surface area contributed by atoms with Crippen LogP contribution in [0.25, 0.3) is 0 Å². The van der Waals surface area contributed by atoms with Crippen molar-refractivity contribution in [3.63, 3.8) is 0 Å². The smallest absolute Gasteiger partial charge is 0.234 e. The number of hydrogen-bond donors (Lipinski definition) is 2. The van der Waals surface area contributed by atoms with Crippen LogP contribution in [-0.2, 0) is 16.0 Å². The van der Waals surface area contributed by atoms with Crippen molar-refractivity contribution in [2.45, 2.75) is 12.8 Å². The van der Waals surface area contributed by atoms with Gasteiger partial charge in [0.25, 0.3) is 0 Å². The van der Waals surface area contributed by atoms with E-state index in [-0.39, 0.29) is 24.7 Å². The molecular weight excluding hydrogens is 258 g/mol. The van der Waals surface area contributed by atoms with E-state index >= 15 is 0 Å². The van der Waals surface area contributed by atoms with Crippen LogP contribution in [0.15, 0.2) is 24.3 Å². The van der Waals surface area contributed by atoms with Crippen LogP contribution in [0.5, 0.6) is 5.75 Å². The minimum absolute atomic E-state index is 0.132. The summed E-state index contributed by atoms with van der Waals surface area (Å²) < 4.78 is 5.08. The van der Waals surface area contributed by atoms with Gasteiger partial charge >= 0.3 is 0 Å². The largest absolute Gasteiger partial charge is 0.497 e. The fourth-order valence-corrected chi connectivity index (χ4v) is 1.57. The summed E-state index contributed by atoms with van der Waals surface area (Å²) in [5.41, 5.74) is 0.857. The van der Waals surface area contributed by atoms with Gasteiger partial charge in [0.1, 0.15) is 12.2 Å². The van der Waals surface area contributed by atoms with E-state index < -0.39 is 0 Å². The first-order chi connectivity index (χ1) is 9.65. The minimum Gasteiger partial charge on any atom is -0.497 e. The second kappa shape index (κ2) is 8.53. The van der Waals surface area contributed by atoms with Crippen LogP contribution in [-0.4, -0.2) is 32.0 Å². The molecule has 0 spiro atoms.